The summed E-state index contributed by atoms with van der Waals surface area (Å²) in [4.78, 5) is 33.9. The molecule has 0 bridgehead atoms. The van der Waals surface area contributed by atoms with Crippen LogP contribution in [0.25, 0.3) is 0 Å². The quantitative estimate of drug-likeness (QED) is 0.738. The van der Waals surface area contributed by atoms with Gasteiger partial charge in [-0.15, -0.1) is 0 Å². The minimum atomic E-state index is -0.434. The normalized spacial score (nSPS) is 24.1. The van der Waals surface area contributed by atoms with Crippen LogP contribution in [0, 0.1) is 6.92 Å². The summed E-state index contributed by atoms with van der Waals surface area (Å²) in [6.45, 7) is 7.64. The third-order valence-electron chi connectivity index (χ3n) is 7.04. The predicted molar refractivity (Wildman–Crippen MR) is 116 cm³/mol. The number of benzene rings is 1. The Labute approximate surface area is 179 Å². The number of likely N-dealkylation sites (tertiary alicyclic amines) is 2. The van der Waals surface area contributed by atoms with E-state index >= 15 is 0 Å². The van der Waals surface area contributed by atoms with Crippen LogP contribution in [-0.4, -0.2) is 103 Å². The van der Waals surface area contributed by atoms with Crippen molar-refractivity contribution in [2.45, 2.75) is 37.8 Å². The molecule has 1 spiro atoms. The average Bonchev–Trinajstić information content (AvgIpc) is 3.32. The Morgan fingerprint density at radius 3 is 2.57 bits per heavy atom. The van der Waals surface area contributed by atoms with Crippen molar-refractivity contribution in [1.82, 2.24) is 19.6 Å². The number of amides is 2. The van der Waals surface area contributed by atoms with Crippen LogP contribution in [0.1, 0.15) is 35.2 Å². The second-order valence-corrected chi connectivity index (χ2v) is 9.29. The molecule has 0 aliphatic carbocycles. The number of rotatable bonds is 5. The molecular weight excluding hydrogens is 380 g/mol. The molecule has 0 saturated carbocycles. The van der Waals surface area contributed by atoms with Gasteiger partial charge in [-0.3, -0.25) is 9.69 Å². The van der Waals surface area contributed by atoms with Gasteiger partial charge in [0.25, 0.3) is 5.91 Å². The van der Waals surface area contributed by atoms with E-state index in [1.54, 1.807) is 0 Å². The smallest absolute Gasteiger partial charge is 0.410 e. The number of nitrogens with zero attached hydrogens (tertiary/aromatic N) is 4. The minimum Gasteiger partial charge on any atom is -0.441 e. The number of aryl methyl sites for hydroxylation is 1. The topological polar surface area (TPSA) is 56.3 Å². The number of carbonyl (C=O) groups excluding carboxylic acids is 2. The first kappa shape index (κ1) is 21.1. The van der Waals surface area contributed by atoms with Gasteiger partial charge in [-0.2, -0.15) is 0 Å². The van der Waals surface area contributed by atoms with Crippen LogP contribution in [0.4, 0.5) is 4.79 Å². The van der Waals surface area contributed by atoms with Crippen molar-refractivity contribution < 1.29 is 14.3 Å². The maximum Gasteiger partial charge on any atom is 0.410 e. The number of ether oxygens (including phenoxy) is 1. The zero-order valence-corrected chi connectivity index (χ0v) is 18.5. The van der Waals surface area contributed by atoms with Gasteiger partial charge in [-0.1, -0.05) is 18.2 Å². The van der Waals surface area contributed by atoms with Crippen LogP contribution in [-0.2, 0) is 4.74 Å². The van der Waals surface area contributed by atoms with E-state index in [1.807, 2.05) is 41.0 Å². The van der Waals surface area contributed by atoms with Crippen LogP contribution < -0.4 is 0 Å². The molecule has 0 unspecified atom stereocenters. The number of hydrogen-bond donors (Lipinski definition) is 0. The molecule has 7 nitrogen and oxygen atoms in total. The van der Waals surface area contributed by atoms with E-state index in [1.165, 1.54) is 6.42 Å². The highest BCUT2D eigenvalue weighted by Gasteiger charge is 2.47. The summed E-state index contributed by atoms with van der Waals surface area (Å²) in [5.41, 5.74) is 1.33. The van der Waals surface area contributed by atoms with Gasteiger partial charge in [0, 0.05) is 57.2 Å². The second-order valence-electron chi connectivity index (χ2n) is 9.29. The van der Waals surface area contributed by atoms with Crippen molar-refractivity contribution in [2.24, 2.45) is 0 Å². The summed E-state index contributed by atoms with van der Waals surface area (Å²) < 4.78 is 5.86. The Morgan fingerprint density at radius 2 is 1.90 bits per heavy atom. The van der Waals surface area contributed by atoms with Crippen LogP contribution in [0.3, 0.4) is 0 Å². The summed E-state index contributed by atoms with van der Waals surface area (Å²) in [6, 6.07) is 8.32. The van der Waals surface area contributed by atoms with Gasteiger partial charge in [-0.05, 0) is 45.6 Å². The average molecular weight is 415 g/mol. The summed E-state index contributed by atoms with van der Waals surface area (Å²) in [5, 5.41) is 0. The van der Waals surface area contributed by atoms with Gasteiger partial charge in [0.2, 0.25) is 0 Å². The molecule has 3 aliphatic heterocycles. The molecule has 3 heterocycles. The lowest BCUT2D eigenvalue weighted by molar-refractivity contribution is 0.00311. The Balaban J connectivity index is 1.28. The second kappa shape index (κ2) is 8.55. The maximum absolute atomic E-state index is 12.9. The zero-order chi connectivity index (χ0) is 21.3. The van der Waals surface area contributed by atoms with Gasteiger partial charge in [-0.25, -0.2) is 4.79 Å². The minimum absolute atomic E-state index is 0.0774. The van der Waals surface area contributed by atoms with Gasteiger partial charge in [0.1, 0.15) is 5.60 Å². The third-order valence-corrected chi connectivity index (χ3v) is 7.04. The predicted octanol–water partition coefficient (Wildman–Crippen LogP) is 2.06. The van der Waals surface area contributed by atoms with Gasteiger partial charge in [0.15, 0.2) is 0 Å². The molecule has 1 aromatic rings. The molecule has 3 fully saturated rings. The van der Waals surface area contributed by atoms with Crippen molar-refractivity contribution in [3.63, 3.8) is 0 Å². The molecule has 7 heteroatoms. The van der Waals surface area contributed by atoms with Crippen molar-refractivity contribution in [2.75, 3.05) is 59.9 Å². The molecule has 1 aromatic carbocycles. The van der Waals surface area contributed by atoms with Gasteiger partial charge in [0.05, 0.1) is 6.54 Å². The summed E-state index contributed by atoms with van der Waals surface area (Å²) in [5.74, 6) is 0.0774. The molecule has 4 rings (SSSR count). The van der Waals surface area contributed by atoms with Crippen LogP contribution in [0.5, 0.6) is 0 Å². The molecule has 2 amide bonds. The standard InChI is InChI=1S/C23H34N4O3/c1-18-6-4-5-7-20(18)21(28)26-12-9-23(10-13-26)17-27(22(29)30-23)15-14-25-11-8-19(16-25)24(2)3/h4-7,19H,8-17H2,1-3H3/t19-/m1/s1. The highest BCUT2D eigenvalue weighted by atomic mass is 16.6. The van der Waals surface area contributed by atoms with Crippen molar-refractivity contribution >= 4 is 12.0 Å². The molecule has 0 radical (unpaired) electrons. The monoisotopic (exact) mass is 414 g/mol. The van der Waals surface area contributed by atoms with Crippen LogP contribution in [0.2, 0.25) is 0 Å². The SMILES string of the molecule is Cc1ccccc1C(=O)N1CCC2(CC1)CN(CCN1CC[C@@H](N(C)C)C1)C(=O)O2. The lowest BCUT2D eigenvalue weighted by Crippen LogP contribution is -2.49. The van der Waals surface area contributed by atoms with Crippen molar-refractivity contribution in [3.05, 3.63) is 35.4 Å². The summed E-state index contributed by atoms with van der Waals surface area (Å²) in [6.07, 6.45) is 2.40. The van der Waals surface area contributed by atoms with Crippen molar-refractivity contribution in [3.8, 4) is 0 Å². The van der Waals surface area contributed by atoms with E-state index in [-0.39, 0.29) is 12.0 Å². The fourth-order valence-electron chi connectivity index (χ4n) is 4.92. The first-order chi connectivity index (χ1) is 14.4. The van der Waals surface area contributed by atoms with Crippen LogP contribution in [0.15, 0.2) is 24.3 Å². The molecule has 3 saturated heterocycles. The number of hydrogen-bond acceptors (Lipinski definition) is 5. The number of piperidine rings is 1. The molecular formula is C23H34N4O3. The van der Waals surface area contributed by atoms with Crippen LogP contribution >= 0.6 is 0 Å². The van der Waals surface area contributed by atoms with E-state index in [4.69, 9.17) is 4.74 Å². The zero-order valence-electron chi connectivity index (χ0n) is 18.5. The van der Waals surface area contributed by atoms with Crippen molar-refractivity contribution in [1.29, 1.82) is 0 Å². The lowest BCUT2D eigenvalue weighted by atomic mass is 9.90. The first-order valence-corrected chi connectivity index (χ1v) is 11.1. The first-order valence-electron chi connectivity index (χ1n) is 11.1. The van der Waals surface area contributed by atoms with E-state index < -0.39 is 5.60 Å². The Bertz CT molecular complexity index is 788. The van der Waals surface area contributed by atoms with E-state index in [0.29, 0.717) is 45.1 Å². The molecule has 164 valence electrons. The number of carbonyl (C=O) groups is 2. The third kappa shape index (κ3) is 4.32. The molecule has 0 N–H and O–H groups in total. The molecule has 1 atom stereocenters. The number of likely N-dealkylation sites (N-methyl/N-ethyl adjacent to an activating group) is 1. The largest absolute Gasteiger partial charge is 0.441 e. The maximum atomic E-state index is 12.9. The Hall–Kier alpha value is -2.12. The molecule has 30 heavy (non-hydrogen) atoms. The summed E-state index contributed by atoms with van der Waals surface area (Å²) in [7, 11) is 4.26. The van der Waals surface area contributed by atoms with Gasteiger partial charge < -0.3 is 19.4 Å². The highest BCUT2D eigenvalue weighted by molar-refractivity contribution is 5.95. The fraction of sp³-hybridized carbons (Fsp3) is 0.652. The molecule has 0 aromatic heterocycles. The molecule has 3 aliphatic rings. The fourth-order valence-corrected chi connectivity index (χ4v) is 4.92. The highest BCUT2D eigenvalue weighted by Crippen LogP contribution is 2.33. The van der Waals surface area contributed by atoms with E-state index in [0.717, 1.165) is 30.8 Å². The van der Waals surface area contributed by atoms with E-state index in [9.17, 15) is 9.59 Å². The Kier molecular flexibility index (Phi) is 6.02. The summed E-state index contributed by atoms with van der Waals surface area (Å²) >= 11 is 0. The van der Waals surface area contributed by atoms with Gasteiger partial charge >= 0.3 is 6.09 Å². The Morgan fingerprint density at radius 1 is 1.17 bits per heavy atom. The van der Waals surface area contributed by atoms with E-state index in [2.05, 4.69) is 23.9 Å². The lowest BCUT2D eigenvalue weighted by Gasteiger charge is -2.37.